The summed E-state index contributed by atoms with van der Waals surface area (Å²) < 4.78 is 2.84. The Morgan fingerprint density at radius 3 is 2.71 bits per heavy atom. The molecular weight excluding hydrogens is 300 g/mol. The van der Waals surface area contributed by atoms with E-state index in [9.17, 15) is 0 Å². The molecular formula is C11H11BrN4S. The van der Waals surface area contributed by atoms with Gasteiger partial charge in [-0.15, -0.1) is 0 Å². The van der Waals surface area contributed by atoms with Gasteiger partial charge in [-0.1, -0.05) is 12.2 Å². The number of thiocarbonyl (C=S) groups is 1. The van der Waals surface area contributed by atoms with Gasteiger partial charge >= 0.3 is 0 Å². The van der Waals surface area contributed by atoms with E-state index in [1.54, 1.807) is 6.20 Å². The van der Waals surface area contributed by atoms with Crippen molar-refractivity contribution >= 4 is 33.1 Å². The Kier molecular flexibility index (Phi) is 3.26. The molecule has 0 saturated heterocycles. The average molecular weight is 311 g/mol. The molecule has 0 aliphatic heterocycles. The first-order valence-corrected chi connectivity index (χ1v) is 6.19. The molecule has 0 aliphatic carbocycles. The van der Waals surface area contributed by atoms with E-state index in [1.807, 2.05) is 30.7 Å². The van der Waals surface area contributed by atoms with Gasteiger partial charge in [0.15, 0.2) is 0 Å². The van der Waals surface area contributed by atoms with Crippen molar-refractivity contribution in [2.75, 3.05) is 0 Å². The Bertz CT molecular complexity index is 591. The number of hydrogen-bond donors (Lipinski definition) is 1. The average Bonchev–Trinajstić information content (AvgIpc) is 2.57. The van der Waals surface area contributed by atoms with Gasteiger partial charge in [0, 0.05) is 6.20 Å². The van der Waals surface area contributed by atoms with Gasteiger partial charge in [-0.05, 0) is 41.9 Å². The summed E-state index contributed by atoms with van der Waals surface area (Å²) in [5.41, 5.74) is 9.03. The normalized spacial score (nSPS) is 10.5. The van der Waals surface area contributed by atoms with E-state index in [2.05, 4.69) is 26.0 Å². The zero-order valence-corrected chi connectivity index (χ0v) is 11.8. The molecule has 0 unspecified atom stereocenters. The van der Waals surface area contributed by atoms with Gasteiger partial charge in [0.2, 0.25) is 0 Å². The maximum atomic E-state index is 5.56. The highest BCUT2D eigenvalue weighted by Crippen LogP contribution is 2.22. The Morgan fingerprint density at radius 1 is 1.47 bits per heavy atom. The number of halogens is 1. The standard InChI is InChI=1S/C11H11BrN4S/c1-6-10(12)7(2)16(15-6)8-3-4-14-9(5-8)11(13)17/h3-5H,1-2H3,(H2,13,17). The van der Waals surface area contributed by atoms with Crippen LogP contribution in [0.5, 0.6) is 0 Å². The van der Waals surface area contributed by atoms with Gasteiger partial charge < -0.3 is 5.73 Å². The predicted molar refractivity (Wildman–Crippen MR) is 74.4 cm³/mol. The van der Waals surface area contributed by atoms with E-state index in [4.69, 9.17) is 18.0 Å². The van der Waals surface area contributed by atoms with Crippen molar-refractivity contribution in [1.29, 1.82) is 0 Å². The van der Waals surface area contributed by atoms with Crippen molar-refractivity contribution in [2.45, 2.75) is 13.8 Å². The zero-order chi connectivity index (χ0) is 12.6. The molecule has 88 valence electrons. The van der Waals surface area contributed by atoms with E-state index in [-0.39, 0.29) is 4.99 Å². The molecule has 2 aromatic rings. The van der Waals surface area contributed by atoms with E-state index in [0.29, 0.717) is 5.69 Å². The zero-order valence-electron chi connectivity index (χ0n) is 9.44. The van der Waals surface area contributed by atoms with Crippen molar-refractivity contribution in [2.24, 2.45) is 5.73 Å². The molecule has 2 rings (SSSR count). The highest BCUT2D eigenvalue weighted by molar-refractivity contribution is 9.10. The second-order valence-corrected chi connectivity index (χ2v) is 4.89. The number of aromatic nitrogens is 3. The molecule has 0 aromatic carbocycles. The highest BCUT2D eigenvalue weighted by Gasteiger charge is 2.11. The van der Waals surface area contributed by atoms with Crippen LogP contribution in [-0.2, 0) is 0 Å². The SMILES string of the molecule is Cc1nn(-c2ccnc(C(N)=S)c2)c(C)c1Br. The molecule has 0 amide bonds. The fourth-order valence-corrected chi connectivity index (χ4v) is 1.92. The second kappa shape index (κ2) is 4.54. The Hall–Kier alpha value is -1.27. The Balaban J connectivity index is 2.56. The number of pyridine rings is 1. The predicted octanol–water partition coefficient (Wildman–Crippen LogP) is 2.28. The van der Waals surface area contributed by atoms with Gasteiger partial charge in [-0.2, -0.15) is 5.10 Å². The van der Waals surface area contributed by atoms with Crippen molar-refractivity contribution in [1.82, 2.24) is 14.8 Å². The monoisotopic (exact) mass is 310 g/mol. The minimum atomic E-state index is 0.285. The molecule has 17 heavy (non-hydrogen) atoms. The minimum absolute atomic E-state index is 0.285. The number of aryl methyl sites for hydroxylation is 1. The number of rotatable bonds is 2. The lowest BCUT2D eigenvalue weighted by Crippen LogP contribution is -2.12. The van der Waals surface area contributed by atoms with Gasteiger partial charge in [0.1, 0.15) is 4.99 Å². The number of nitrogens with two attached hydrogens (primary N) is 1. The van der Waals surface area contributed by atoms with Crippen LogP contribution >= 0.6 is 28.1 Å². The summed E-state index contributed by atoms with van der Waals surface area (Å²) >= 11 is 8.41. The van der Waals surface area contributed by atoms with E-state index in [1.165, 1.54) is 0 Å². The lowest BCUT2D eigenvalue weighted by atomic mass is 10.3. The van der Waals surface area contributed by atoms with E-state index in [0.717, 1.165) is 21.5 Å². The number of hydrogen-bond acceptors (Lipinski definition) is 3. The van der Waals surface area contributed by atoms with E-state index >= 15 is 0 Å². The summed E-state index contributed by atoms with van der Waals surface area (Å²) in [4.78, 5) is 4.39. The van der Waals surface area contributed by atoms with Crippen LogP contribution in [0.2, 0.25) is 0 Å². The summed E-state index contributed by atoms with van der Waals surface area (Å²) in [7, 11) is 0. The third-order valence-corrected chi connectivity index (χ3v) is 3.80. The van der Waals surface area contributed by atoms with Crippen molar-refractivity contribution in [3.8, 4) is 5.69 Å². The third-order valence-electron chi connectivity index (χ3n) is 2.44. The summed E-state index contributed by atoms with van der Waals surface area (Å²) in [6.45, 7) is 3.94. The second-order valence-electron chi connectivity index (χ2n) is 3.66. The first-order valence-electron chi connectivity index (χ1n) is 4.98. The van der Waals surface area contributed by atoms with Crippen molar-refractivity contribution < 1.29 is 0 Å². The molecule has 2 aromatic heterocycles. The molecule has 2 N–H and O–H groups in total. The lowest BCUT2D eigenvalue weighted by molar-refractivity contribution is 0.831. The molecule has 0 fully saturated rings. The first-order chi connectivity index (χ1) is 8.00. The highest BCUT2D eigenvalue weighted by atomic mass is 79.9. The summed E-state index contributed by atoms with van der Waals surface area (Å²) in [5, 5.41) is 4.44. The number of nitrogens with zero attached hydrogens (tertiary/aromatic N) is 3. The van der Waals surface area contributed by atoms with Crippen molar-refractivity contribution in [3.63, 3.8) is 0 Å². The molecule has 2 heterocycles. The summed E-state index contributed by atoms with van der Waals surface area (Å²) in [6.07, 6.45) is 1.67. The van der Waals surface area contributed by atoms with Gasteiger partial charge in [0.05, 0.1) is 27.2 Å². The fraction of sp³-hybridized carbons (Fsp3) is 0.182. The minimum Gasteiger partial charge on any atom is -0.388 e. The summed E-state index contributed by atoms with van der Waals surface area (Å²) in [6, 6.07) is 3.70. The van der Waals surface area contributed by atoms with Crippen LogP contribution in [-0.4, -0.2) is 19.8 Å². The smallest absolute Gasteiger partial charge is 0.122 e. The van der Waals surface area contributed by atoms with Crippen LogP contribution < -0.4 is 5.73 Å². The van der Waals surface area contributed by atoms with Crippen LogP contribution in [0.3, 0.4) is 0 Å². The topological polar surface area (TPSA) is 56.7 Å². The molecule has 0 aliphatic rings. The maximum absolute atomic E-state index is 5.56. The van der Waals surface area contributed by atoms with Crippen molar-refractivity contribution in [3.05, 3.63) is 39.9 Å². The van der Waals surface area contributed by atoms with Crippen LogP contribution in [0.4, 0.5) is 0 Å². The molecule has 0 saturated carbocycles. The largest absolute Gasteiger partial charge is 0.388 e. The van der Waals surface area contributed by atoms with Crippen LogP contribution in [0.25, 0.3) is 5.69 Å². The third kappa shape index (κ3) is 2.23. The molecule has 0 bridgehead atoms. The molecule has 0 atom stereocenters. The Labute approximate surface area is 113 Å². The van der Waals surface area contributed by atoms with E-state index < -0.39 is 0 Å². The van der Waals surface area contributed by atoms with Crippen LogP contribution in [0.1, 0.15) is 17.1 Å². The quantitative estimate of drug-likeness (QED) is 0.865. The van der Waals surface area contributed by atoms with Crippen LogP contribution in [0, 0.1) is 13.8 Å². The molecule has 4 nitrogen and oxygen atoms in total. The molecule has 0 radical (unpaired) electrons. The van der Waals surface area contributed by atoms with Crippen LogP contribution in [0.15, 0.2) is 22.8 Å². The molecule has 6 heteroatoms. The first kappa shape index (κ1) is 12.2. The maximum Gasteiger partial charge on any atom is 0.122 e. The van der Waals surface area contributed by atoms with Gasteiger partial charge in [0.25, 0.3) is 0 Å². The Morgan fingerprint density at radius 2 is 2.18 bits per heavy atom. The summed E-state index contributed by atoms with van der Waals surface area (Å²) in [5.74, 6) is 0. The van der Waals surface area contributed by atoms with Gasteiger partial charge in [-0.25, -0.2) is 4.68 Å². The fourth-order valence-electron chi connectivity index (χ4n) is 1.56. The lowest BCUT2D eigenvalue weighted by Gasteiger charge is -2.05. The van der Waals surface area contributed by atoms with Gasteiger partial charge in [-0.3, -0.25) is 4.98 Å². The molecule has 0 spiro atoms.